The molecule has 1 amide bonds. The van der Waals surface area contributed by atoms with E-state index in [-0.39, 0.29) is 35.4 Å². The molecule has 0 unspecified atom stereocenters. The smallest absolute Gasteiger partial charge is 0.342 e. The van der Waals surface area contributed by atoms with E-state index in [2.05, 4.69) is 14.9 Å². The van der Waals surface area contributed by atoms with Crippen LogP contribution in [0.5, 0.6) is 0 Å². The Morgan fingerprint density at radius 3 is 2.28 bits per heavy atom. The highest BCUT2D eigenvalue weighted by Crippen LogP contribution is 2.22. The maximum Gasteiger partial charge on any atom is 0.342 e. The molecule has 0 bridgehead atoms. The van der Waals surface area contributed by atoms with Crippen LogP contribution in [0.15, 0.2) is 24.3 Å². The molecule has 0 N–H and O–H groups in total. The largest absolute Gasteiger partial charge is 0.462 e. The van der Waals surface area contributed by atoms with Gasteiger partial charge in [0.15, 0.2) is 0 Å². The van der Waals surface area contributed by atoms with Gasteiger partial charge < -0.3 is 14.5 Å². The van der Waals surface area contributed by atoms with Crippen molar-refractivity contribution in [1.82, 2.24) is 14.9 Å². The van der Waals surface area contributed by atoms with Crippen LogP contribution in [0.2, 0.25) is 0 Å². The Balaban J connectivity index is 1.74. The van der Waals surface area contributed by atoms with Gasteiger partial charge in [-0.1, -0.05) is 13.8 Å². The summed E-state index contributed by atoms with van der Waals surface area (Å²) in [5.74, 6) is -0.351. The first-order valence-corrected chi connectivity index (χ1v) is 10.5. The molecule has 1 aromatic heterocycles. The van der Waals surface area contributed by atoms with E-state index in [4.69, 9.17) is 4.74 Å². The number of anilines is 1. The molecule has 1 saturated heterocycles. The van der Waals surface area contributed by atoms with Crippen LogP contribution in [-0.2, 0) is 4.74 Å². The van der Waals surface area contributed by atoms with E-state index in [0.717, 1.165) is 5.69 Å². The number of nitro groups is 1. The summed E-state index contributed by atoms with van der Waals surface area (Å²) in [6.45, 7) is 9.43. The number of rotatable bonds is 6. The van der Waals surface area contributed by atoms with Crippen molar-refractivity contribution >= 4 is 23.3 Å². The van der Waals surface area contributed by atoms with E-state index < -0.39 is 10.9 Å². The average Bonchev–Trinajstić information content (AvgIpc) is 2.76. The Kier molecular flexibility index (Phi) is 7.01. The molecule has 170 valence electrons. The van der Waals surface area contributed by atoms with E-state index in [1.54, 1.807) is 30.9 Å². The molecular weight excluding hydrogens is 414 g/mol. The first-order chi connectivity index (χ1) is 15.2. The number of amides is 1. The molecule has 0 saturated carbocycles. The number of ether oxygens (including phenoxy) is 1. The summed E-state index contributed by atoms with van der Waals surface area (Å²) in [5.41, 5.74) is 1.48. The molecule has 0 spiro atoms. The van der Waals surface area contributed by atoms with Gasteiger partial charge in [0.1, 0.15) is 17.1 Å². The number of benzene rings is 1. The van der Waals surface area contributed by atoms with Crippen molar-refractivity contribution in [3.05, 3.63) is 57.2 Å². The molecule has 2 heterocycles. The van der Waals surface area contributed by atoms with E-state index >= 15 is 0 Å². The van der Waals surface area contributed by atoms with Crippen LogP contribution in [-0.4, -0.2) is 64.5 Å². The molecule has 10 nitrogen and oxygen atoms in total. The first-order valence-electron chi connectivity index (χ1n) is 10.5. The zero-order valence-electron chi connectivity index (χ0n) is 18.7. The van der Waals surface area contributed by atoms with Crippen LogP contribution in [0, 0.1) is 29.9 Å². The quantitative estimate of drug-likeness (QED) is 0.381. The molecule has 1 aliphatic rings. The van der Waals surface area contributed by atoms with Crippen molar-refractivity contribution in [2.75, 3.05) is 37.7 Å². The van der Waals surface area contributed by atoms with Gasteiger partial charge in [0, 0.05) is 44.0 Å². The van der Waals surface area contributed by atoms with Crippen molar-refractivity contribution in [2.45, 2.75) is 27.7 Å². The zero-order chi connectivity index (χ0) is 23.4. The number of hydrogen-bond acceptors (Lipinski definition) is 8. The molecule has 0 aliphatic carbocycles. The molecular formula is C22H27N5O5. The van der Waals surface area contributed by atoms with Gasteiger partial charge in [-0.15, -0.1) is 0 Å². The second-order valence-electron chi connectivity index (χ2n) is 8.12. The fourth-order valence-corrected chi connectivity index (χ4v) is 3.53. The second kappa shape index (κ2) is 9.71. The number of nitro benzene ring substituents is 1. The fraction of sp³-hybridized carbons (Fsp3) is 0.455. The second-order valence-corrected chi connectivity index (χ2v) is 8.12. The standard InChI is InChI=1S/C22H27N5O5/c1-14(2)13-32-22(29)19-15(3)23-16(4)24-20(19)21(28)26-11-9-25(10-12-26)17-5-7-18(8-6-17)27(30)31/h5-8,14H,9-13H2,1-4H3. The number of piperazine rings is 1. The van der Waals surface area contributed by atoms with Gasteiger partial charge in [0.25, 0.3) is 11.6 Å². The monoisotopic (exact) mass is 441 g/mol. The Morgan fingerprint density at radius 1 is 1.09 bits per heavy atom. The summed E-state index contributed by atoms with van der Waals surface area (Å²) in [6.07, 6.45) is 0. The van der Waals surface area contributed by atoms with Gasteiger partial charge in [-0.3, -0.25) is 14.9 Å². The molecule has 1 aliphatic heterocycles. The maximum absolute atomic E-state index is 13.3. The Labute approximate surface area is 186 Å². The van der Waals surface area contributed by atoms with E-state index in [0.29, 0.717) is 37.7 Å². The maximum atomic E-state index is 13.3. The van der Waals surface area contributed by atoms with Gasteiger partial charge in [-0.2, -0.15) is 0 Å². The number of aryl methyl sites for hydroxylation is 2. The Hall–Kier alpha value is -3.56. The third-order valence-corrected chi connectivity index (χ3v) is 5.15. The number of nitrogens with zero attached hydrogens (tertiary/aromatic N) is 5. The van der Waals surface area contributed by atoms with E-state index in [1.165, 1.54) is 12.1 Å². The fourth-order valence-electron chi connectivity index (χ4n) is 3.53. The lowest BCUT2D eigenvalue weighted by molar-refractivity contribution is -0.384. The van der Waals surface area contributed by atoms with E-state index in [9.17, 15) is 19.7 Å². The number of aromatic nitrogens is 2. The predicted molar refractivity (Wildman–Crippen MR) is 118 cm³/mol. The van der Waals surface area contributed by atoms with Gasteiger partial charge in [-0.05, 0) is 31.9 Å². The summed E-state index contributed by atoms with van der Waals surface area (Å²) < 4.78 is 5.34. The summed E-state index contributed by atoms with van der Waals surface area (Å²) in [5, 5.41) is 10.8. The molecule has 1 aromatic carbocycles. The van der Waals surface area contributed by atoms with Crippen molar-refractivity contribution < 1.29 is 19.2 Å². The van der Waals surface area contributed by atoms with Crippen LogP contribution < -0.4 is 4.90 Å². The van der Waals surface area contributed by atoms with Crippen molar-refractivity contribution in [3.63, 3.8) is 0 Å². The number of hydrogen-bond donors (Lipinski definition) is 0. The molecule has 1 fully saturated rings. The van der Waals surface area contributed by atoms with Gasteiger partial charge >= 0.3 is 5.97 Å². The number of non-ortho nitro benzene ring substituents is 1. The highest BCUT2D eigenvalue weighted by atomic mass is 16.6. The molecule has 3 rings (SSSR count). The summed E-state index contributed by atoms with van der Waals surface area (Å²) >= 11 is 0. The molecule has 2 aromatic rings. The molecule has 10 heteroatoms. The summed E-state index contributed by atoms with van der Waals surface area (Å²) in [7, 11) is 0. The third kappa shape index (κ3) is 5.19. The number of esters is 1. The minimum Gasteiger partial charge on any atom is -0.462 e. The van der Waals surface area contributed by atoms with Crippen molar-refractivity contribution in [3.8, 4) is 0 Å². The first kappa shape index (κ1) is 23.1. The normalized spacial score (nSPS) is 13.9. The molecule has 0 atom stereocenters. The SMILES string of the molecule is Cc1nc(C)c(C(=O)OCC(C)C)c(C(=O)N2CCN(c3ccc([N+](=O)[O-])cc3)CC2)n1. The van der Waals surface area contributed by atoms with E-state index in [1.807, 2.05) is 13.8 Å². The Morgan fingerprint density at radius 2 is 1.72 bits per heavy atom. The third-order valence-electron chi connectivity index (χ3n) is 5.15. The van der Waals surface area contributed by atoms with Crippen LogP contribution in [0.3, 0.4) is 0 Å². The highest BCUT2D eigenvalue weighted by molar-refractivity contribution is 6.04. The summed E-state index contributed by atoms with van der Waals surface area (Å²) in [4.78, 5) is 48.6. The van der Waals surface area contributed by atoms with Crippen molar-refractivity contribution in [2.24, 2.45) is 5.92 Å². The van der Waals surface area contributed by atoms with Crippen LogP contribution in [0.4, 0.5) is 11.4 Å². The van der Waals surface area contributed by atoms with Gasteiger partial charge in [-0.25, -0.2) is 14.8 Å². The Bertz CT molecular complexity index is 1010. The van der Waals surface area contributed by atoms with Crippen LogP contribution in [0.1, 0.15) is 46.2 Å². The minimum atomic E-state index is -0.593. The lowest BCUT2D eigenvalue weighted by Crippen LogP contribution is -2.49. The van der Waals surface area contributed by atoms with Crippen LogP contribution >= 0.6 is 0 Å². The average molecular weight is 441 g/mol. The van der Waals surface area contributed by atoms with Crippen molar-refractivity contribution in [1.29, 1.82) is 0 Å². The zero-order valence-corrected chi connectivity index (χ0v) is 18.7. The topological polar surface area (TPSA) is 119 Å². The lowest BCUT2D eigenvalue weighted by Gasteiger charge is -2.36. The minimum absolute atomic E-state index is 0.0361. The van der Waals surface area contributed by atoms with Gasteiger partial charge in [0.2, 0.25) is 0 Å². The number of carbonyl (C=O) groups is 2. The molecule has 32 heavy (non-hydrogen) atoms. The highest BCUT2D eigenvalue weighted by Gasteiger charge is 2.30. The molecule has 0 radical (unpaired) electrons. The number of carbonyl (C=O) groups excluding carboxylic acids is 2. The lowest BCUT2D eigenvalue weighted by atomic mass is 10.1. The van der Waals surface area contributed by atoms with Crippen LogP contribution in [0.25, 0.3) is 0 Å². The predicted octanol–water partition coefficient (Wildman–Crippen LogP) is 2.78. The van der Waals surface area contributed by atoms with Gasteiger partial charge in [0.05, 0.1) is 17.2 Å². The summed E-state index contributed by atoms with van der Waals surface area (Å²) in [6, 6.07) is 6.34.